The molecule has 28 heavy (non-hydrogen) atoms. The van der Waals surface area contributed by atoms with Crippen LogP contribution < -0.4 is 10.1 Å². The molecule has 1 amide bonds. The lowest BCUT2D eigenvalue weighted by Gasteiger charge is -2.09. The Morgan fingerprint density at radius 2 is 1.96 bits per heavy atom. The Bertz CT molecular complexity index is 950. The second kappa shape index (κ2) is 8.44. The van der Waals surface area contributed by atoms with Crippen LogP contribution in [0.2, 0.25) is 5.02 Å². The molecule has 3 rings (SSSR count). The van der Waals surface area contributed by atoms with E-state index in [4.69, 9.17) is 11.6 Å². The molecule has 13 heteroatoms. The molecular weight excluding hydrogens is 421 g/mol. The van der Waals surface area contributed by atoms with Gasteiger partial charge in [-0.15, -0.1) is 18.3 Å². The summed E-state index contributed by atoms with van der Waals surface area (Å²) in [5, 5.41) is 14.4. The Hall–Kier alpha value is -2.86. The van der Waals surface area contributed by atoms with E-state index in [2.05, 4.69) is 30.6 Å². The van der Waals surface area contributed by atoms with Gasteiger partial charge in [-0.2, -0.15) is 4.68 Å². The van der Waals surface area contributed by atoms with Gasteiger partial charge < -0.3 is 10.1 Å². The molecule has 0 unspecified atom stereocenters. The van der Waals surface area contributed by atoms with Crippen molar-refractivity contribution < 1.29 is 22.7 Å². The average molecular weight is 431 g/mol. The number of amides is 1. The van der Waals surface area contributed by atoms with E-state index in [1.165, 1.54) is 23.0 Å². The Morgan fingerprint density at radius 3 is 2.61 bits per heavy atom. The lowest BCUT2D eigenvalue weighted by atomic mass is 10.3. The van der Waals surface area contributed by atoms with Gasteiger partial charge in [0, 0.05) is 6.20 Å². The van der Waals surface area contributed by atoms with E-state index in [-0.39, 0.29) is 22.6 Å². The van der Waals surface area contributed by atoms with Gasteiger partial charge >= 0.3 is 6.36 Å². The summed E-state index contributed by atoms with van der Waals surface area (Å²) in [7, 11) is 0. The van der Waals surface area contributed by atoms with Crippen LogP contribution in [0.3, 0.4) is 0 Å². The number of tetrazole rings is 1. The van der Waals surface area contributed by atoms with Gasteiger partial charge in [-0.3, -0.25) is 4.79 Å². The molecule has 2 heterocycles. The summed E-state index contributed by atoms with van der Waals surface area (Å²) < 4.78 is 41.8. The van der Waals surface area contributed by atoms with Crippen LogP contribution in [0, 0.1) is 0 Å². The molecule has 0 spiro atoms. The van der Waals surface area contributed by atoms with Crippen molar-refractivity contribution in [1.82, 2.24) is 25.2 Å². The van der Waals surface area contributed by atoms with E-state index in [0.717, 1.165) is 23.9 Å². The number of carbonyl (C=O) groups is 1. The van der Waals surface area contributed by atoms with Crippen molar-refractivity contribution in [2.24, 2.45) is 0 Å². The van der Waals surface area contributed by atoms with Gasteiger partial charge in [0.15, 0.2) is 0 Å². The molecule has 3 aromatic rings. The number of hydrogen-bond acceptors (Lipinski definition) is 7. The summed E-state index contributed by atoms with van der Waals surface area (Å²) in [5.41, 5.74) is 0.404. The molecule has 0 radical (unpaired) electrons. The van der Waals surface area contributed by atoms with Gasteiger partial charge in [0.05, 0.1) is 16.5 Å². The number of alkyl halides is 3. The molecule has 146 valence electrons. The van der Waals surface area contributed by atoms with Crippen molar-refractivity contribution in [2.75, 3.05) is 11.1 Å². The number of aromatic nitrogens is 5. The first kappa shape index (κ1) is 19.9. The normalized spacial score (nSPS) is 11.3. The van der Waals surface area contributed by atoms with Gasteiger partial charge in [-0.25, -0.2) is 4.98 Å². The summed E-state index contributed by atoms with van der Waals surface area (Å²) in [4.78, 5) is 16.0. The molecule has 8 nitrogen and oxygen atoms in total. The number of thioether (sulfide) groups is 1. The number of hydrogen-bond donors (Lipinski definition) is 1. The minimum absolute atomic E-state index is 0.0139. The van der Waals surface area contributed by atoms with E-state index in [9.17, 15) is 18.0 Å². The molecule has 0 atom stereocenters. The zero-order valence-electron chi connectivity index (χ0n) is 13.7. The van der Waals surface area contributed by atoms with Crippen LogP contribution in [0.1, 0.15) is 0 Å². The van der Waals surface area contributed by atoms with Crippen molar-refractivity contribution in [3.63, 3.8) is 0 Å². The lowest BCUT2D eigenvalue weighted by Crippen LogP contribution is -2.17. The highest BCUT2D eigenvalue weighted by molar-refractivity contribution is 7.99. The lowest BCUT2D eigenvalue weighted by molar-refractivity contribution is -0.274. The summed E-state index contributed by atoms with van der Waals surface area (Å²) in [5.74, 6) is -0.383. The highest BCUT2D eigenvalue weighted by Gasteiger charge is 2.31. The largest absolute Gasteiger partial charge is 0.573 e. The second-order valence-corrected chi connectivity index (χ2v) is 6.49. The van der Waals surface area contributed by atoms with Gasteiger partial charge in [0.25, 0.3) is 0 Å². The number of pyridine rings is 1. The summed E-state index contributed by atoms with van der Waals surface area (Å²) in [6, 6.07) is 8.14. The van der Waals surface area contributed by atoms with E-state index < -0.39 is 6.36 Å². The summed E-state index contributed by atoms with van der Waals surface area (Å²) in [6.45, 7) is 0. The van der Waals surface area contributed by atoms with E-state index in [1.807, 2.05) is 0 Å². The van der Waals surface area contributed by atoms with Gasteiger partial charge in [0.2, 0.25) is 11.1 Å². The molecule has 1 aromatic carbocycles. The molecule has 0 saturated heterocycles. The van der Waals surface area contributed by atoms with Crippen LogP contribution in [0.25, 0.3) is 5.69 Å². The average Bonchev–Trinajstić information content (AvgIpc) is 3.10. The number of nitrogens with zero attached hydrogens (tertiary/aromatic N) is 5. The Balaban J connectivity index is 1.62. The smallest absolute Gasteiger partial charge is 0.406 e. The number of anilines is 1. The Kier molecular flexibility index (Phi) is 5.99. The van der Waals surface area contributed by atoms with Crippen molar-refractivity contribution in [3.8, 4) is 11.4 Å². The topological polar surface area (TPSA) is 94.8 Å². The third-order valence-corrected chi connectivity index (χ3v) is 4.23. The Labute approximate surface area is 165 Å². The number of carbonyl (C=O) groups excluding carboxylic acids is 1. The zero-order chi connectivity index (χ0) is 20.1. The fraction of sp³-hybridized carbons (Fsp3) is 0.133. The second-order valence-electron chi connectivity index (χ2n) is 5.11. The molecule has 0 aliphatic carbocycles. The van der Waals surface area contributed by atoms with Gasteiger partial charge in [0.1, 0.15) is 11.6 Å². The molecule has 0 fully saturated rings. The fourth-order valence-electron chi connectivity index (χ4n) is 1.98. The number of ether oxygens (including phenoxy) is 1. The highest BCUT2D eigenvalue weighted by Crippen LogP contribution is 2.25. The van der Waals surface area contributed by atoms with Crippen molar-refractivity contribution in [1.29, 1.82) is 0 Å². The van der Waals surface area contributed by atoms with Gasteiger partial charge in [-0.05, 0) is 46.8 Å². The van der Waals surface area contributed by atoms with Crippen LogP contribution in [0.15, 0.2) is 47.8 Å². The monoisotopic (exact) mass is 430 g/mol. The minimum Gasteiger partial charge on any atom is -0.406 e. The standard InChI is InChI=1S/C15H10ClF3N6O2S/c16-9-1-6-12(20-7-9)21-13(26)8-28-14-22-23-24-25(14)10-2-4-11(5-3-10)27-15(17,18)19/h1-7H,8H2,(H,20,21,26). The van der Waals surface area contributed by atoms with Crippen LogP contribution in [-0.2, 0) is 4.79 Å². The predicted octanol–water partition coefficient (Wildman–Crippen LogP) is 3.34. The molecular formula is C15H10ClF3N6O2S. The quantitative estimate of drug-likeness (QED) is 0.599. The molecule has 2 aromatic heterocycles. The molecule has 0 aliphatic heterocycles. The number of nitrogens with one attached hydrogen (secondary N) is 1. The first-order valence-electron chi connectivity index (χ1n) is 7.49. The molecule has 0 aliphatic rings. The van der Waals surface area contributed by atoms with E-state index in [1.54, 1.807) is 12.1 Å². The van der Waals surface area contributed by atoms with Crippen molar-refractivity contribution >= 4 is 35.1 Å². The minimum atomic E-state index is -4.77. The van der Waals surface area contributed by atoms with E-state index in [0.29, 0.717) is 16.5 Å². The highest BCUT2D eigenvalue weighted by atomic mass is 35.5. The first-order chi connectivity index (χ1) is 13.3. The van der Waals surface area contributed by atoms with Crippen molar-refractivity contribution in [2.45, 2.75) is 11.5 Å². The molecule has 1 N–H and O–H groups in total. The number of benzene rings is 1. The third kappa shape index (κ3) is 5.57. The number of rotatable bonds is 6. The SMILES string of the molecule is O=C(CSc1nnnn1-c1ccc(OC(F)(F)F)cc1)Nc1ccc(Cl)cn1. The first-order valence-corrected chi connectivity index (χ1v) is 8.85. The Morgan fingerprint density at radius 1 is 1.21 bits per heavy atom. The predicted molar refractivity (Wildman–Crippen MR) is 94.4 cm³/mol. The summed E-state index contributed by atoms with van der Waals surface area (Å²) >= 11 is 6.77. The maximum absolute atomic E-state index is 12.2. The molecule has 0 saturated carbocycles. The summed E-state index contributed by atoms with van der Waals surface area (Å²) in [6.07, 6.45) is -3.37. The van der Waals surface area contributed by atoms with Crippen LogP contribution in [0.4, 0.5) is 19.0 Å². The fourth-order valence-corrected chi connectivity index (χ4v) is 2.78. The third-order valence-electron chi connectivity index (χ3n) is 3.08. The number of halogens is 4. The maximum Gasteiger partial charge on any atom is 0.573 e. The van der Waals surface area contributed by atoms with Crippen molar-refractivity contribution in [3.05, 3.63) is 47.6 Å². The van der Waals surface area contributed by atoms with E-state index >= 15 is 0 Å². The van der Waals surface area contributed by atoms with Crippen LogP contribution in [-0.4, -0.2) is 43.2 Å². The van der Waals surface area contributed by atoms with Crippen LogP contribution >= 0.6 is 23.4 Å². The van der Waals surface area contributed by atoms with Gasteiger partial charge in [-0.1, -0.05) is 23.4 Å². The molecule has 0 bridgehead atoms. The zero-order valence-corrected chi connectivity index (χ0v) is 15.3. The van der Waals surface area contributed by atoms with Crippen LogP contribution in [0.5, 0.6) is 5.75 Å². The maximum atomic E-state index is 12.2.